The summed E-state index contributed by atoms with van der Waals surface area (Å²) in [4.78, 5) is 0. The lowest BCUT2D eigenvalue weighted by Crippen LogP contribution is -2.35. The van der Waals surface area contributed by atoms with E-state index in [4.69, 9.17) is 9.47 Å². The normalized spacial score (nSPS) is 21.7. The van der Waals surface area contributed by atoms with Crippen LogP contribution in [0.25, 0.3) is 0 Å². The Morgan fingerprint density at radius 2 is 2.16 bits per heavy atom. The molecule has 0 radical (unpaired) electrons. The van der Waals surface area contributed by atoms with E-state index >= 15 is 0 Å². The lowest BCUT2D eigenvalue weighted by molar-refractivity contribution is 0.173. The lowest BCUT2D eigenvalue weighted by Gasteiger charge is -2.25. The van der Waals surface area contributed by atoms with E-state index in [-0.39, 0.29) is 0 Å². The number of rotatable bonds is 3. The van der Waals surface area contributed by atoms with Crippen molar-refractivity contribution in [3.05, 3.63) is 21.7 Å². The zero-order valence-corrected chi connectivity index (χ0v) is 12.9. The zero-order chi connectivity index (χ0) is 13.2. The van der Waals surface area contributed by atoms with Crippen molar-refractivity contribution in [1.29, 1.82) is 0 Å². The predicted molar refractivity (Wildman–Crippen MR) is 79.0 cm³/mol. The summed E-state index contributed by atoms with van der Waals surface area (Å²) in [6.07, 6.45) is 5.99. The van der Waals surface area contributed by atoms with Crippen molar-refractivity contribution in [2.24, 2.45) is 0 Å². The first-order chi connectivity index (χ1) is 9.29. The summed E-state index contributed by atoms with van der Waals surface area (Å²) in [5, 5.41) is 3.62. The maximum atomic E-state index is 5.66. The van der Waals surface area contributed by atoms with Crippen molar-refractivity contribution >= 4 is 15.9 Å². The van der Waals surface area contributed by atoms with Gasteiger partial charge in [-0.25, -0.2) is 0 Å². The molecule has 0 amide bonds. The summed E-state index contributed by atoms with van der Waals surface area (Å²) in [5.74, 6) is 1.82. The Bertz CT molecular complexity index is 470. The Morgan fingerprint density at radius 1 is 1.32 bits per heavy atom. The molecule has 3 nitrogen and oxygen atoms in total. The Morgan fingerprint density at radius 3 is 2.89 bits per heavy atom. The molecule has 1 unspecified atom stereocenters. The molecular formula is C15H20BrNO2. The third kappa shape index (κ3) is 2.61. The topological polar surface area (TPSA) is 30.5 Å². The van der Waals surface area contributed by atoms with Gasteiger partial charge in [0.25, 0.3) is 0 Å². The summed E-state index contributed by atoms with van der Waals surface area (Å²) < 4.78 is 12.2. The Kier molecular flexibility index (Phi) is 3.99. The number of benzene rings is 1. The maximum Gasteiger partial charge on any atom is 0.231 e. The molecular weight excluding hydrogens is 306 g/mol. The summed E-state index contributed by atoms with van der Waals surface area (Å²) in [6.45, 7) is 3.67. The van der Waals surface area contributed by atoms with E-state index in [0.29, 0.717) is 12.8 Å². The van der Waals surface area contributed by atoms with Crippen LogP contribution in [0.5, 0.6) is 11.5 Å². The van der Waals surface area contributed by atoms with Gasteiger partial charge in [0.05, 0.1) is 4.47 Å². The number of piperidine rings is 1. The highest BCUT2D eigenvalue weighted by atomic mass is 79.9. The molecule has 19 heavy (non-hydrogen) atoms. The van der Waals surface area contributed by atoms with E-state index in [2.05, 4.69) is 34.2 Å². The molecule has 1 aromatic carbocycles. The molecule has 2 aliphatic heterocycles. The Hall–Kier alpha value is -0.740. The van der Waals surface area contributed by atoms with Crippen LogP contribution < -0.4 is 14.8 Å². The van der Waals surface area contributed by atoms with Crippen LogP contribution in [0.2, 0.25) is 0 Å². The van der Waals surface area contributed by atoms with Gasteiger partial charge >= 0.3 is 0 Å². The highest BCUT2D eigenvalue weighted by Gasteiger charge is 2.24. The highest BCUT2D eigenvalue weighted by Crippen LogP contribution is 2.44. The van der Waals surface area contributed by atoms with Gasteiger partial charge < -0.3 is 14.8 Å². The van der Waals surface area contributed by atoms with Crippen LogP contribution in [0.1, 0.15) is 37.3 Å². The fraction of sp³-hybridized carbons (Fsp3) is 0.600. The molecule has 1 N–H and O–H groups in total. The molecule has 1 aromatic rings. The van der Waals surface area contributed by atoms with Gasteiger partial charge in [0, 0.05) is 11.6 Å². The van der Waals surface area contributed by atoms with Crippen molar-refractivity contribution in [3.8, 4) is 11.5 Å². The molecule has 2 heterocycles. The van der Waals surface area contributed by atoms with E-state index in [0.717, 1.165) is 35.4 Å². The van der Waals surface area contributed by atoms with Crippen molar-refractivity contribution in [2.75, 3.05) is 13.3 Å². The van der Waals surface area contributed by atoms with E-state index in [1.165, 1.54) is 30.4 Å². The van der Waals surface area contributed by atoms with Crippen LogP contribution in [-0.2, 0) is 12.8 Å². The number of fused-ring (bicyclic) bond motifs is 1. The van der Waals surface area contributed by atoms with E-state index in [1.807, 2.05) is 0 Å². The smallest absolute Gasteiger partial charge is 0.231 e. The molecule has 0 aromatic heterocycles. The Balaban J connectivity index is 1.89. The largest absolute Gasteiger partial charge is 0.453 e. The van der Waals surface area contributed by atoms with Gasteiger partial charge in [-0.05, 0) is 59.8 Å². The van der Waals surface area contributed by atoms with Gasteiger partial charge in [-0.1, -0.05) is 13.3 Å². The summed E-state index contributed by atoms with van der Waals surface area (Å²) in [6, 6.07) is 2.81. The van der Waals surface area contributed by atoms with Crippen LogP contribution in [0.15, 0.2) is 10.5 Å². The minimum Gasteiger partial charge on any atom is -0.453 e. The van der Waals surface area contributed by atoms with Gasteiger partial charge in [-0.3, -0.25) is 0 Å². The monoisotopic (exact) mass is 325 g/mol. The molecule has 4 heteroatoms. The van der Waals surface area contributed by atoms with Gasteiger partial charge in [0.1, 0.15) is 0 Å². The molecule has 3 rings (SSSR count). The van der Waals surface area contributed by atoms with Crippen LogP contribution in [0.4, 0.5) is 0 Å². The third-order valence-electron chi connectivity index (χ3n) is 4.02. The number of hydrogen-bond donors (Lipinski definition) is 1. The fourth-order valence-corrected chi connectivity index (χ4v) is 3.64. The minimum absolute atomic E-state index is 0.339. The van der Waals surface area contributed by atoms with Gasteiger partial charge in [0.2, 0.25) is 6.79 Å². The average Bonchev–Trinajstić information content (AvgIpc) is 2.90. The van der Waals surface area contributed by atoms with Crippen molar-refractivity contribution in [2.45, 2.75) is 45.1 Å². The summed E-state index contributed by atoms with van der Waals surface area (Å²) in [5.41, 5.74) is 2.70. The molecule has 2 aliphatic rings. The van der Waals surface area contributed by atoms with Crippen LogP contribution in [0, 0.1) is 0 Å². The van der Waals surface area contributed by atoms with Crippen molar-refractivity contribution < 1.29 is 9.47 Å². The number of hydrogen-bond acceptors (Lipinski definition) is 3. The second kappa shape index (κ2) is 5.71. The molecule has 0 saturated carbocycles. The van der Waals surface area contributed by atoms with E-state index < -0.39 is 0 Å². The van der Waals surface area contributed by atoms with Gasteiger partial charge in [0.15, 0.2) is 11.5 Å². The Labute approximate surface area is 122 Å². The molecule has 104 valence electrons. The SMILES string of the molecule is CCc1c(CC2CCCCN2)cc(Br)c2c1OCO2. The number of halogens is 1. The fourth-order valence-electron chi connectivity index (χ4n) is 3.06. The number of ether oxygens (including phenoxy) is 2. The third-order valence-corrected chi connectivity index (χ3v) is 4.61. The standard InChI is InChI=1S/C15H20BrNO2/c1-2-12-10(7-11-5-3-4-6-17-11)8-13(16)15-14(12)18-9-19-15/h8,11,17H,2-7,9H2,1H3. The molecule has 0 spiro atoms. The summed E-state index contributed by atoms with van der Waals surface area (Å²) in [7, 11) is 0. The molecule has 1 atom stereocenters. The molecule has 1 saturated heterocycles. The predicted octanol–water partition coefficient (Wildman–Crippen LogP) is 3.42. The first-order valence-electron chi connectivity index (χ1n) is 7.12. The quantitative estimate of drug-likeness (QED) is 0.923. The van der Waals surface area contributed by atoms with Gasteiger partial charge in [-0.2, -0.15) is 0 Å². The lowest BCUT2D eigenvalue weighted by atomic mass is 9.93. The minimum atomic E-state index is 0.339. The second-order valence-electron chi connectivity index (χ2n) is 5.27. The maximum absolute atomic E-state index is 5.66. The first-order valence-corrected chi connectivity index (χ1v) is 7.92. The second-order valence-corrected chi connectivity index (χ2v) is 6.12. The highest BCUT2D eigenvalue weighted by molar-refractivity contribution is 9.10. The first kappa shape index (κ1) is 13.3. The summed E-state index contributed by atoms with van der Waals surface area (Å²) >= 11 is 3.60. The molecule has 0 aliphatic carbocycles. The molecule has 0 bridgehead atoms. The van der Waals surface area contributed by atoms with Gasteiger partial charge in [-0.15, -0.1) is 0 Å². The number of nitrogens with one attached hydrogen (secondary N) is 1. The molecule has 1 fully saturated rings. The van der Waals surface area contributed by atoms with Crippen molar-refractivity contribution in [3.63, 3.8) is 0 Å². The van der Waals surface area contributed by atoms with Crippen LogP contribution >= 0.6 is 15.9 Å². The average molecular weight is 326 g/mol. The van der Waals surface area contributed by atoms with E-state index in [1.54, 1.807) is 0 Å². The van der Waals surface area contributed by atoms with E-state index in [9.17, 15) is 0 Å². The van der Waals surface area contributed by atoms with Crippen molar-refractivity contribution in [1.82, 2.24) is 5.32 Å². The zero-order valence-electron chi connectivity index (χ0n) is 11.3. The van der Waals surface area contributed by atoms with Crippen LogP contribution in [0.3, 0.4) is 0 Å². The van der Waals surface area contributed by atoms with Crippen LogP contribution in [-0.4, -0.2) is 19.4 Å².